The zero-order chi connectivity index (χ0) is 13.2. The molecule has 0 fully saturated rings. The summed E-state index contributed by atoms with van der Waals surface area (Å²) in [5, 5.41) is 15.5. The number of rotatable bonds is 5. The van der Waals surface area contributed by atoms with Gasteiger partial charge in [0.25, 0.3) is 0 Å². The summed E-state index contributed by atoms with van der Waals surface area (Å²) in [6.07, 6.45) is 0.286. The largest absolute Gasteiger partial charge is 0.480 e. The molecule has 0 radical (unpaired) electrons. The average molecular weight is 260 g/mol. The standard InChI is InChI=1S/C9H16N4O3S/c1-5(4-9(2,10)6(14)15)17-8-12-11-7(16)13(8)3/h5H,4,10H2,1-3H3,(H,11,16)(H,14,15). The van der Waals surface area contributed by atoms with Crippen LogP contribution >= 0.6 is 11.8 Å². The third-order valence-corrected chi connectivity index (χ3v) is 3.49. The Labute approximate surface area is 102 Å². The number of H-pyrrole nitrogens is 1. The fourth-order valence-electron chi connectivity index (χ4n) is 1.34. The first kappa shape index (κ1) is 13.8. The molecule has 0 aliphatic carbocycles. The fourth-order valence-corrected chi connectivity index (χ4v) is 2.47. The lowest BCUT2D eigenvalue weighted by molar-refractivity contribution is -0.142. The first-order chi connectivity index (χ1) is 7.74. The molecule has 0 aliphatic heterocycles. The van der Waals surface area contributed by atoms with E-state index in [1.165, 1.54) is 23.3 Å². The molecule has 0 spiro atoms. The van der Waals surface area contributed by atoms with Crippen molar-refractivity contribution >= 4 is 17.7 Å². The van der Waals surface area contributed by atoms with Gasteiger partial charge < -0.3 is 10.8 Å². The Morgan fingerprint density at radius 1 is 1.76 bits per heavy atom. The number of carbonyl (C=O) groups is 1. The predicted molar refractivity (Wildman–Crippen MR) is 64.0 cm³/mol. The molecule has 17 heavy (non-hydrogen) atoms. The number of hydrogen-bond donors (Lipinski definition) is 3. The van der Waals surface area contributed by atoms with Crippen LogP contribution in [-0.4, -0.2) is 36.6 Å². The number of nitrogens with one attached hydrogen (secondary N) is 1. The summed E-state index contributed by atoms with van der Waals surface area (Å²) in [5.74, 6) is -1.04. The molecule has 1 rings (SSSR count). The van der Waals surface area contributed by atoms with Crippen LogP contribution in [-0.2, 0) is 11.8 Å². The molecule has 0 saturated heterocycles. The fraction of sp³-hybridized carbons (Fsp3) is 0.667. The van der Waals surface area contributed by atoms with Gasteiger partial charge in [-0.1, -0.05) is 18.7 Å². The van der Waals surface area contributed by atoms with Gasteiger partial charge in [0.05, 0.1) is 0 Å². The van der Waals surface area contributed by atoms with E-state index in [0.717, 1.165) is 0 Å². The quantitative estimate of drug-likeness (QED) is 0.631. The van der Waals surface area contributed by atoms with Gasteiger partial charge in [-0.05, 0) is 13.3 Å². The van der Waals surface area contributed by atoms with Gasteiger partial charge in [-0.15, -0.1) is 5.10 Å². The zero-order valence-corrected chi connectivity index (χ0v) is 10.7. The minimum atomic E-state index is -1.28. The number of nitrogens with two attached hydrogens (primary N) is 1. The van der Waals surface area contributed by atoms with Crippen LogP contribution in [0.25, 0.3) is 0 Å². The van der Waals surface area contributed by atoms with Crippen molar-refractivity contribution in [2.24, 2.45) is 12.8 Å². The molecule has 0 amide bonds. The van der Waals surface area contributed by atoms with E-state index in [1.807, 2.05) is 6.92 Å². The van der Waals surface area contributed by atoms with Gasteiger partial charge in [0.15, 0.2) is 5.16 Å². The maximum Gasteiger partial charge on any atom is 0.343 e. The molecule has 1 heterocycles. The van der Waals surface area contributed by atoms with Gasteiger partial charge in [0, 0.05) is 12.3 Å². The normalized spacial score (nSPS) is 16.5. The van der Waals surface area contributed by atoms with Gasteiger partial charge in [-0.25, -0.2) is 9.89 Å². The first-order valence-electron chi connectivity index (χ1n) is 5.04. The van der Waals surface area contributed by atoms with Crippen molar-refractivity contribution in [3.63, 3.8) is 0 Å². The maximum atomic E-state index is 11.1. The minimum Gasteiger partial charge on any atom is -0.480 e. The van der Waals surface area contributed by atoms with Crippen molar-refractivity contribution in [2.45, 2.75) is 36.2 Å². The Balaban J connectivity index is 2.68. The summed E-state index contributed by atoms with van der Waals surface area (Å²) in [6, 6.07) is 0. The van der Waals surface area contributed by atoms with Gasteiger partial charge in [0.2, 0.25) is 0 Å². The third kappa shape index (κ3) is 3.34. The molecule has 0 aromatic carbocycles. The van der Waals surface area contributed by atoms with Gasteiger partial charge in [-0.3, -0.25) is 9.36 Å². The molecule has 96 valence electrons. The second-order valence-electron chi connectivity index (χ2n) is 4.23. The van der Waals surface area contributed by atoms with Crippen molar-refractivity contribution in [2.75, 3.05) is 0 Å². The lowest BCUT2D eigenvalue weighted by Crippen LogP contribution is -2.46. The minimum absolute atomic E-state index is 0.0602. The summed E-state index contributed by atoms with van der Waals surface area (Å²) >= 11 is 1.31. The summed E-state index contributed by atoms with van der Waals surface area (Å²) in [5.41, 5.74) is 4.07. The van der Waals surface area contributed by atoms with Crippen LogP contribution in [0, 0.1) is 0 Å². The molecule has 2 atom stereocenters. The monoisotopic (exact) mass is 260 g/mol. The van der Waals surface area contributed by atoms with Crippen molar-refractivity contribution in [1.82, 2.24) is 14.8 Å². The number of thioether (sulfide) groups is 1. The second kappa shape index (κ2) is 4.92. The Morgan fingerprint density at radius 3 is 2.76 bits per heavy atom. The number of aromatic amines is 1. The van der Waals surface area contributed by atoms with Crippen LogP contribution in [0.3, 0.4) is 0 Å². The summed E-state index contributed by atoms with van der Waals surface area (Å²) in [6.45, 7) is 3.31. The average Bonchev–Trinajstić information content (AvgIpc) is 2.48. The Morgan fingerprint density at radius 2 is 2.35 bits per heavy atom. The van der Waals surface area contributed by atoms with Crippen LogP contribution < -0.4 is 11.4 Å². The van der Waals surface area contributed by atoms with E-state index >= 15 is 0 Å². The smallest absolute Gasteiger partial charge is 0.343 e. The number of carboxylic acid groups (broad SMARTS) is 1. The lowest BCUT2D eigenvalue weighted by Gasteiger charge is -2.22. The number of carboxylic acids is 1. The van der Waals surface area contributed by atoms with Crippen molar-refractivity contribution in [3.8, 4) is 0 Å². The van der Waals surface area contributed by atoms with E-state index in [9.17, 15) is 9.59 Å². The number of aliphatic carboxylic acids is 1. The van der Waals surface area contributed by atoms with E-state index in [-0.39, 0.29) is 17.4 Å². The van der Waals surface area contributed by atoms with Crippen LogP contribution in [0.15, 0.2) is 9.95 Å². The van der Waals surface area contributed by atoms with Crippen molar-refractivity contribution in [1.29, 1.82) is 0 Å². The summed E-state index contributed by atoms with van der Waals surface area (Å²) in [7, 11) is 1.60. The highest BCUT2D eigenvalue weighted by atomic mass is 32.2. The van der Waals surface area contributed by atoms with Gasteiger partial charge >= 0.3 is 11.7 Å². The number of nitrogens with zero attached hydrogens (tertiary/aromatic N) is 2. The van der Waals surface area contributed by atoms with Gasteiger partial charge in [-0.2, -0.15) is 0 Å². The molecule has 0 aliphatic rings. The highest BCUT2D eigenvalue weighted by Crippen LogP contribution is 2.25. The zero-order valence-electron chi connectivity index (χ0n) is 9.93. The molecule has 0 saturated carbocycles. The molecule has 1 aromatic heterocycles. The van der Waals surface area contributed by atoms with Crippen LogP contribution in [0.5, 0.6) is 0 Å². The SMILES string of the molecule is CC(CC(C)(N)C(=O)O)Sc1n[nH]c(=O)n1C. The molecular weight excluding hydrogens is 244 g/mol. The number of aromatic nitrogens is 3. The van der Waals surface area contributed by atoms with Crippen LogP contribution in [0.4, 0.5) is 0 Å². The van der Waals surface area contributed by atoms with E-state index < -0.39 is 11.5 Å². The van der Waals surface area contributed by atoms with Crippen LogP contribution in [0.1, 0.15) is 20.3 Å². The molecule has 8 heteroatoms. The Kier molecular flexibility index (Phi) is 3.99. The third-order valence-electron chi connectivity index (χ3n) is 2.35. The maximum absolute atomic E-state index is 11.1. The summed E-state index contributed by atoms with van der Waals surface area (Å²) in [4.78, 5) is 22.0. The Hall–Kier alpha value is -1.28. The van der Waals surface area contributed by atoms with Gasteiger partial charge in [0.1, 0.15) is 5.54 Å². The highest BCUT2D eigenvalue weighted by Gasteiger charge is 2.30. The van der Waals surface area contributed by atoms with E-state index in [4.69, 9.17) is 10.8 Å². The van der Waals surface area contributed by atoms with Crippen molar-refractivity contribution in [3.05, 3.63) is 10.5 Å². The summed E-state index contributed by atoms with van der Waals surface area (Å²) < 4.78 is 1.37. The molecule has 2 unspecified atom stereocenters. The molecule has 7 nitrogen and oxygen atoms in total. The Bertz CT molecular complexity index is 465. The predicted octanol–water partition coefficient (Wildman–Crippen LogP) is -0.219. The van der Waals surface area contributed by atoms with Crippen LogP contribution in [0.2, 0.25) is 0 Å². The molecule has 4 N–H and O–H groups in total. The first-order valence-corrected chi connectivity index (χ1v) is 5.92. The van der Waals surface area contributed by atoms with E-state index in [0.29, 0.717) is 5.16 Å². The number of hydrogen-bond acceptors (Lipinski definition) is 5. The second-order valence-corrected chi connectivity index (χ2v) is 5.63. The molecular formula is C9H16N4O3S. The lowest BCUT2D eigenvalue weighted by atomic mass is 9.98. The topological polar surface area (TPSA) is 114 Å². The highest BCUT2D eigenvalue weighted by molar-refractivity contribution is 7.99. The molecule has 1 aromatic rings. The van der Waals surface area contributed by atoms with Crippen molar-refractivity contribution < 1.29 is 9.90 Å². The molecule has 0 bridgehead atoms. The van der Waals surface area contributed by atoms with E-state index in [1.54, 1.807) is 7.05 Å². The van der Waals surface area contributed by atoms with E-state index in [2.05, 4.69) is 10.2 Å².